The molecule has 1 N–H and O–H groups in total. The number of rotatable bonds is 4. The SMILES string of the molecule is O=C(Cc1ccccc1)NN1C(=O)/C(=C/c2ccc(F)cc2)SC1=S. The zero-order valence-electron chi connectivity index (χ0n) is 12.9. The summed E-state index contributed by atoms with van der Waals surface area (Å²) in [6.45, 7) is 0. The molecular formula is C18H13FN2O2S2. The van der Waals surface area contributed by atoms with Crippen molar-refractivity contribution in [3.05, 3.63) is 76.4 Å². The highest BCUT2D eigenvalue weighted by atomic mass is 32.2. The van der Waals surface area contributed by atoms with Crippen LogP contribution in [0.5, 0.6) is 0 Å². The van der Waals surface area contributed by atoms with Crippen molar-refractivity contribution in [2.24, 2.45) is 0 Å². The van der Waals surface area contributed by atoms with Gasteiger partial charge in [0, 0.05) is 0 Å². The fraction of sp³-hybridized carbons (Fsp3) is 0.0556. The van der Waals surface area contributed by atoms with Gasteiger partial charge < -0.3 is 0 Å². The number of thioether (sulfide) groups is 1. The van der Waals surface area contributed by atoms with Crippen molar-refractivity contribution >= 4 is 46.2 Å². The Bertz CT molecular complexity index is 851. The highest BCUT2D eigenvalue weighted by Crippen LogP contribution is 2.31. The molecule has 0 radical (unpaired) electrons. The van der Waals surface area contributed by atoms with Crippen LogP contribution in [0.25, 0.3) is 6.08 Å². The van der Waals surface area contributed by atoms with Crippen LogP contribution in [0.15, 0.2) is 59.5 Å². The van der Waals surface area contributed by atoms with E-state index in [1.165, 1.54) is 12.1 Å². The molecule has 1 fully saturated rings. The lowest BCUT2D eigenvalue weighted by Gasteiger charge is -2.15. The molecule has 2 aromatic rings. The van der Waals surface area contributed by atoms with Crippen molar-refractivity contribution in [2.75, 3.05) is 0 Å². The number of nitrogens with one attached hydrogen (secondary N) is 1. The number of benzene rings is 2. The molecule has 1 aliphatic rings. The predicted octanol–water partition coefficient (Wildman–Crippen LogP) is 3.30. The summed E-state index contributed by atoms with van der Waals surface area (Å²) in [5.41, 5.74) is 4.05. The molecular weight excluding hydrogens is 359 g/mol. The first-order chi connectivity index (χ1) is 12.0. The molecule has 0 atom stereocenters. The number of amides is 2. The predicted molar refractivity (Wildman–Crippen MR) is 99.7 cm³/mol. The number of hydrogen-bond donors (Lipinski definition) is 1. The zero-order chi connectivity index (χ0) is 17.8. The van der Waals surface area contributed by atoms with Gasteiger partial charge in [-0.15, -0.1) is 0 Å². The minimum absolute atomic E-state index is 0.148. The van der Waals surface area contributed by atoms with Crippen LogP contribution in [-0.4, -0.2) is 21.1 Å². The number of nitrogens with zero attached hydrogens (tertiary/aromatic N) is 1. The van der Waals surface area contributed by atoms with Gasteiger partial charge in [0.25, 0.3) is 5.91 Å². The van der Waals surface area contributed by atoms with E-state index in [0.29, 0.717) is 10.5 Å². The summed E-state index contributed by atoms with van der Waals surface area (Å²) in [5, 5.41) is 1.07. The average Bonchev–Trinajstić information content (AvgIpc) is 2.85. The Morgan fingerprint density at radius 2 is 1.84 bits per heavy atom. The molecule has 7 heteroatoms. The van der Waals surface area contributed by atoms with Crippen molar-refractivity contribution < 1.29 is 14.0 Å². The minimum atomic E-state index is -0.402. The summed E-state index contributed by atoms with van der Waals surface area (Å²) in [7, 11) is 0. The Morgan fingerprint density at radius 1 is 1.16 bits per heavy atom. The van der Waals surface area contributed by atoms with Crippen LogP contribution in [0, 0.1) is 5.82 Å². The number of halogens is 1. The van der Waals surface area contributed by atoms with E-state index in [4.69, 9.17) is 12.2 Å². The number of hydrogen-bond acceptors (Lipinski definition) is 4. The second-order valence-electron chi connectivity index (χ2n) is 5.27. The molecule has 1 saturated heterocycles. The van der Waals surface area contributed by atoms with Gasteiger partial charge in [0.2, 0.25) is 5.91 Å². The summed E-state index contributed by atoms with van der Waals surface area (Å²) in [4.78, 5) is 24.9. The van der Waals surface area contributed by atoms with Crippen LogP contribution in [-0.2, 0) is 16.0 Å². The van der Waals surface area contributed by atoms with Gasteiger partial charge in [-0.1, -0.05) is 54.2 Å². The third kappa shape index (κ3) is 4.32. The number of hydrazine groups is 1. The normalized spacial score (nSPS) is 15.7. The van der Waals surface area contributed by atoms with E-state index in [9.17, 15) is 14.0 Å². The topological polar surface area (TPSA) is 49.4 Å². The standard InChI is InChI=1S/C18H13FN2O2S2/c19-14-8-6-13(7-9-14)10-15-17(23)21(18(24)25-15)20-16(22)11-12-4-2-1-3-5-12/h1-10H,11H2,(H,20,22)/b15-10-. The Balaban J connectivity index is 1.69. The summed E-state index contributed by atoms with van der Waals surface area (Å²) >= 11 is 6.26. The number of carbonyl (C=O) groups excluding carboxylic acids is 2. The van der Waals surface area contributed by atoms with Crippen LogP contribution in [0.3, 0.4) is 0 Å². The molecule has 1 aliphatic heterocycles. The highest BCUT2D eigenvalue weighted by Gasteiger charge is 2.33. The van der Waals surface area contributed by atoms with Gasteiger partial charge in [0.05, 0.1) is 11.3 Å². The third-order valence-corrected chi connectivity index (χ3v) is 4.71. The first-order valence-electron chi connectivity index (χ1n) is 7.40. The summed E-state index contributed by atoms with van der Waals surface area (Å²) < 4.78 is 13.2. The monoisotopic (exact) mass is 372 g/mol. The van der Waals surface area contributed by atoms with Crippen LogP contribution in [0.1, 0.15) is 11.1 Å². The van der Waals surface area contributed by atoms with Crippen LogP contribution in [0.4, 0.5) is 4.39 Å². The molecule has 0 unspecified atom stereocenters. The maximum atomic E-state index is 13.0. The Morgan fingerprint density at radius 3 is 2.52 bits per heavy atom. The van der Waals surface area contributed by atoms with Gasteiger partial charge in [-0.05, 0) is 41.6 Å². The fourth-order valence-corrected chi connectivity index (χ4v) is 3.40. The van der Waals surface area contributed by atoms with Crippen molar-refractivity contribution in [3.63, 3.8) is 0 Å². The quantitative estimate of drug-likeness (QED) is 0.661. The molecule has 2 amide bonds. The molecule has 25 heavy (non-hydrogen) atoms. The van der Waals surface area contributed by atoms with E-state index < -0.39 is 5.91 Å². The van der Waals surface area contributed by atoms with Gasteiger partial charge >= 0.3 is 0 Å². The second kappa shape index (κ2) is 7.58. The molecule has 0 spiro atoms. The van der Waals surface area contributed by atoms with Crippen molar-refractivity contribution in [1.29, 1.82) is 0 Å². The molecule has 2 aromatic carbocycles. The van der Waals surface area contributed by atoms with Crippen molar-refractivity contribution in [2.45, 2.75) is 6.42 Å². The summed E-state index contributed by atoms with van der Waals surface area (Å²) in [6, 6.07) is 15.0. The number of carbonyl (C=O) groups is 2. The lowest BCUT2D eigenvalue weighted by atomic mass is 10.1. The van der Waals surface area contributed by atoms with Gasteiger partial charge in [0.1, 0.15) is 5.82 Å². The van der Waals surface area contributed by atoms with E-state index in [1.54, 1.807) is 18.2 Å². The molecule has 3 rings (SSSR count). The van der Waals surface area contributed by atoms with E-state index in [2.05, 4.69) is 5.43 Å². The molecule has 0 bridgehead atoms. The number of thiocarbonyl (C=S) groups is 1. The molecule has 0 saturated carbocycles. The van der Waals surface area contributed by atoms with Crippen molar-refractivity contribution in [1.82, 2.24) is 10.4 Å². The third-order valence-electron chi connectivity index (χ3n) is 3.41. The van der Waals surface area contributed by atoms with Gasteiger partial charge in [-0.2, -0.15) is 5.01 Å². The van der Waals surface area contributed by atoms with E-state index >= 15 is 0 Å². The molecule has 4 nitrogen and oxygen atoms in total. The maximum Gasteiger partial charge on any atom is 0.285 e. The lowest BCUT2D eigenvalue weighted by Crippen LogP contribution is -2.45. The fourth-order valence-electron chi connectivity index (χ4n) is 2.22. The molecule has 0 aromatic heterocycles. The van der Waals surface area contributed by atoms with Crippen LogP contribution >= 0.6 is 24.0 Å². The Labute approximate surface area is 153 Å². The van der Waals surface area contributed by atoms with E-state index in [-0.39, 0.29) is 22.5 Å². The van der Waals surface area contributed by atoms with Crippen LogP contribution < -0.4 is 5.43 Å². The highest BCUT2D eigenvalue weighted by molar-refractivity contribution is 8.26. The molecule has 126 valence electrons. The van der Waals surface area contributed by atoms with E-state index in [1.807, 2.05) is 30.3 Å². The van der Waals surface area contributed by atoms with Gasteiger partial charge in [-0.3, -0.25) is 15.0 Å². The Kier molecular flexibility index (Phi) is 5.25. The van der Waals surface area contributed by atoms with Crippen LogP contribution in [0.2, 0.25) is 0 Å². The first-order valence-corrected chi connectivity index (χ1v) is 8.62. The first kappa shape index (κ1) is 17.3. The summed E-state index contributed by atoms with van der Waals surface area (Å²) in [5.74, 6) is -1.08. The zero-order valence-corrected chi connectivity index (χ0v) is 14.6. The molecule has 0 aliphatic carbocycles. The van der Waals surface area contributed by atoms with E-state index in [0.717, 1.165) is 22.3 Å². The maximum absolute atomic E-state index is 13.0. The molecule has 1 heterocycles. The van der Waals surface area contributed by atoms with Gasteiger partial charge in [0.15, 0.2) is 4.32 Å². The van der Waals surface area contributed by atoms with Crippen molar-refractivity contribution in [3.8, 4) is 0 Å². The second-order valence-corrected chi connectivity index (χ2v) is 6.94. The average molecular weight is 372 g/mol. The van der Waals surface area contributed by atoms with Gasteiger partial charge in [-0.25, -0.2) is 4.39 Å². The smallest absolute Gasteiger partial charge is 0.273 e. The Hall–Kier alpha value is -2.51. The minimum Gasteiger partial charge on any atom is -0.273 e. The lowest BCUT2D eigenvalue weighted by molar-refractivity contribution is -0.132. The summed E-state index contributed by atoms with van der Waals surface area (Å²) in [6.07, 6.45) is 1.76. The largest absolute Gasteiger partial charge is 0.285 e.